The van der Waals surface area contributed by atoms with E-state index in [1.54, 1.807) is 0 Å². The van der Waals surface area contributed by atoms with Gasteiger partial charge < -0.3 is 16.0 Å². The molecule has 4 aromatic rings. The van der Waals surface area contributed by atoms with Crippen LogP contribution in [-0.2, 0) is 20.8 Å². The number of benzene rings is 1. The van der Waals surface area contributed by atoms with Gasteiger partial charge in [-0.3, -0.25) is 19.4 Å². The number of aliphatic imine (C=N–C) groups is 1. The van der Waals surface area contributed by atoms with Gasteiger partial charge in [-0.05, 0) is 18.4 Å². The number of carbonyl (C=O) groups is 3. The fourth-order valence-electron chi connectivity index (χ4n) is 4.86. The molecule has 2 aliphatic heterocycles. The molecule has 5 heterocycles. The zero-order valence-electron chi connectivity index (χ0n) is 24.3. The number of thioether (sulfide) groups is 1. The summed E-state index contributed by atoms with van der Waals surface area (Å²) in [7, 11) is 0. The van der Waals surface area contributed by atoms with Crippen molar-refractivity contribution in [3.63, 3.8) is 0 Å². The Labute approximate surface area is 271 Å². The Balaban J connectivity index is 1.36. The first-order valence-electron chi connectivity index (χ1n) is 14.3. The smallest absolute Gasteiger partial charge is 0.246 e. The van der Waals surface area contributed by atoms with Crippen LogP contribution in [0.2, 0.25) is 0 Å². The zero-order valence-corrected chi connectivity index (χ0v) is 27.5. The van der Waals surface area contributed by atoms with Crippen molar-refractivity contribution in [2.75, 3.05) is 5.75 Å². The van der Waals surface area contributed by atoms with E-state index in [-0.39, 0.29) is 30.2 Å². The summed E-state index contributed by atoms with van der Waals surface area (Å²) in [6, 6.07) is 6.76. The molecule has 3 amide bonds. The maximum atomic E-state index is 13.8. The molecule has 5 atom stereocenters. The number of amides is 3. The number of hydrogen-bond donors (Lipinski definition) is 3. The van der Waals surface area contributed by atoms with Gasteiger partial charge in [0.05, 0.1) is 6.04 Å². The molecule has 228 valence electrons. The van der Waals surface area contributed by atoms with Gasteiger partial charge in [0.25, 0.3) is 0 Å². The van der Waals surface area contributed by atoms with Crippen molar-refractivity contribution in [2.24, 2.45) is 10.9 Å². The van der Waals surface area contributed by atoms with Gasteiger partial charge in [-0.2, -0.15) is 0 Å². The molecule has 0 aliphatic carbocycles. The van der Waals surface area contributed by atoms with E-state index in [0.717, 1.165) is 32.0 Å². The highest BCUT2D eigenvalue weighted by Gasteiger charge is 2.34. The number of nitrogens with zero attached hydrogens (tertiary/aromatic N) is 4. The molecule has 44 heavy (non-hydrogen) atoms. The number of nitrogens with one attached hydrogen (secondary N) is 3. The first-order valence-corrected chi connectivity index (χ1v) is 17.9. The van der Waals surface area contributed by atoms with Crippen LogP contribution in [0.3, 0.4) is 0 Å². The van der Waals surface area contributed by atoms with Crippen LogP contribution in [-0.4, -0.2) is 61.6 Å². The lowest BCUT2D eigenvalue weighted by Gasteiger charge is -2.28. The summed E-state index contributed by atoms with van der Waals surface area (Å²) in [5.74, 6) is -0.772. The van der Waals surface area contributed by atoms with E-state index in [2.05, 4.69) is 20.9 Å². The van der Waals surface area contributed by atoms with Crippen LogP contribution in [0.4, 0.5) is 0 Å². The highest BCUT2D eigenvalue weighted by atomic mass is 32.2. The minimum Gasteiger partial charge on any atom is -0.345 e. The van der Waals surface area contributed by atoms with Crippen molar-refractivity contribution < 1.29 is 14.4 Å². The molecule has 3 N–H and O–H groups in total. The molecule has 8 bridgehead atoms. The summed E-state index contributed by atoms with van der Waals surface area (Å²) in [6.45, 7) is 5.78. The second-order valence-electron chi connectivity index (χ2n) is 10.8. The number of thiazole rings is 3. The molecule has 0 saturated heterocycles. The SMILES string of the molecule is CCC(C)C1NC(=O)C(Cc2ccccc2)NC(=O)C2CSC(=N2)c2csc(n2)-c2csc(n2)-c2csc(n2)C(C)NC1=O. The Hall–Kier alpha value is -3.46. The third-order valence-electron chi connectivity index (χ3n) is 7.58. The largest absolute Gasteiger partial charge is 0.345 e. The van der Waals surface area contributed by atoms with Gasteiger partial charge in [0.1, 0.15) is 55.3 Å². The summed E-state index contributed by atoms with van der Waals surface area (Å²) < 4.78 is 0. The van der Waals surface area contributed by atoms with Crippen LogP contribution in [0.15, 0.2) is 51.5 Å². The highest BCUT2D eigenvalue weighted by Crippen LogP contribution is 2.34. The molecule has 0 saturated carbocycles. The monoisotopic (exact) mass is 665 g/mol. The predicted molar refractivity (Wildman–Crippen MR) is 177 cm³/mol. The molecular weight excluding hydrogens is 635 g/mol. The van der Waals surface area contributed by atoms with Gasteiger partial charge in [-0.1, -0.05) is 50.6 Å². The van der Waals surface area contributed by atoms with Gasteiger partial charge in [-0.25, -0.2) is 15.0 Å². The Morgan fingerprint density at radius 2 is 1.52 bits per heavy atom. The third-order valence-corrected chi connectivity index (χ3v) is 11.4. The summed E-state index contributed by atoms with van der Waals surface area (Å²) in [6.07, 6.45) is 0.943. The van der Waals surface area contributed by atoms with Crippen LogP contribution in [0.25, 0.3) is 21.4 Å². The molecule has 10 nitrogen and oxygen atoms in total. The van der Waals surface area contributed by atoms with E-state index in [0.29, 0.717) is 22.9 Å². The molecule has 3 aromatic heterocycles. The minimum atomic E-state index is -0.897. The van der Waals surface area contributed by atoms with Crippen molar-refractivity contribution >= 4 is 68.5 Å². The number of rotatable bonds is 4. The Morgan fingerprint density at radius 3 is 2.27 bits per heavy atom. The van der Waals surface area contributed by atoms with E-state index in [9.17, 15) is 14.4 Å². The summed E-state index contributed by atoms with van der Waals surface area (Å²) >= 11 is 5.88. The third kappa shape index (κ3) is 6.63. The molecule has 2 aliphatic rings. The lowest BCUT2D eigenvalue weighted by atomic mass is 9.96. The van der Waals surface area contributed by atoms with Gasteiger partial charge in [0.15, 0.2) is 0 Å². The van der Waals surface area contributed by atoms with Crippen LogP contribution >= 0.6 is 45.8 Å². The lowest BCUT2D eigenvalue weighted by molar-refractivity contribution is -0.133. The van der Waals surface area contributed by atoms with Crippen molar-refractivity contribution in [3.8, 4) is 21.4 Å². The van der Waals surface area contributed by atoms with Crippen LogP contribution in [0.1, 0.15) is 49.5 Å². The predicted octanol–water partition coefficient (Wildman–Crippen LogP) is 4.70. The average Bonchev–Trinajstić information content (AvgIpc) is 3.84. The van der Waals surface area contributed by atoms with Crippen molar-refractivity contribution in [3.05, 3.63) is 62.7 Å². The van der Waals surface area contributed by atoms with Crippen LogP contribution in [0.5, 0.6) is 0 Å². The van der Waals surface area contributed by atoms with E-state index in [1.165, 1.54) is 45.8 Å². The van der Waals surface area contributed by atoms with Gasteiger partial charge in [-0.15, -0.1) is 45.8 Å². The number of carbonyl (C=O) groups excluding carboxylic acids is 3. The molecule has 1 aromatic carbocycles. The van der Waals surface area contributed by atoms with E-state index in [1.807, 2.05) is 67.2 Å². The standard InChI is InChI=1S/C30H31N7O3S4/c1-4-15(2)23-26(40)31-16(3)27-34-20(12-41-27)29-36-22(14-43-29)30-35-21(13-44-30)28-33-19(11-42-28)25(39)32-18(24(38)37-23)10-17-8-6-5-7-9-17/h5-9,12-16,18-19,23H,4,10-11H2,1-3H3,(H,31,40)(H,32,39)(H,37,38). The van der Waals surface area contributed by atoms with Gasteiger partial charge in [0.2, 0.25) is 17.7 Å². The number of fused-ring (bicyclic) bond motifs is 10. The number of aromatic nitrogens is 3. The van der Waals surface area contributed by atoms with E-state index >= 15 is 0 Å². The molecular formula is C30H31N7O3S4. The average molecular weight is 666 g/mol. The normalized spacial score (nSPS) is 23.2. The Kier molecular flexibility index (Phi) is 9.21. The van der Waals surface area contributed by atoms with Crippen LogP contribution < -0.4 is 16.0 Å². The first-order chi connectivity index (χ1) is 21.3. The fraction of sp³-hybridized carbons (Fsp3) is 0.367. The summed E-state index contributed by atoms with van der Waals surface area (Å²) in [5, 5.41) is 17.7. The maximum Gasteiger partial charge on any atom is 0.246 e. The topological polar surface area (TPSA) is 138 Å². The molecule has 0 spiro atoms. The minimum absolute atomic E-state index is 0.150. The second-order valence-corrected chi connectivity index (χ2v) is 14.4. The summed E-state index contributed by atoms with van der Waals surface area (Å²) in [5.41, 5.74) is 3.09. The van der Waals surface area contributed by atoms with Gasteiger partial charge >= 0.3 is 0 Å². The second kappa shape index (κ2) is 13.3. The molecule has 0 radical (unpaired) electrons. The fourth-order valence-corrected chi connectivity index (χ4v) is 8.42. The first kappa shape index (κ1) is 30.6. The van der Waals surface area contributed by atoms with Crippen molar-refractivity contribution in [1.29, 1.82) is 0 Å². The van der Waals surface area contributed by atoms with Crippen molar-refractivity contribution in [2.45, 2.75) is 57.8 Å². The quantitative estimate of drug-likeness (QED) is 0.287. The summed E-state index contributed by atoms with van der Waals surface area (Å²) in [4.78, 5) is 59.9. The Bertz CT molecular complexity index is 1700. The number of hydrogen-bond acceptors (Lipinski definition) is 11. The highest BCUT2D eigenvalue weighted by molar-refractivity contribution is 8.14. The van der Waals surface area contributed by atoms with Gasteiger partial charge in [0, 0.05) is 28.3 Å². The van der Waals surface area contributed by atoms with Crippen molar-refractivity contribution in [1.82, 2.24) is 30.9 Å². The van der Waals surface area contributed by atoms with E-state index in [4.69, 9.17) is 15.0 Å². The molecule has 5 unspecified atom stereocenters. The van der Waals surface area contributed by atoms with Crippen LogP contribution in [0, 0.1) is 5.92 Å². The Morgan fingerprint density at radius 1 is 0.841 bits per heavy atom. The lowest BCUT2D eigenvalue weighted by Crippen LogP contribution is -2.57. The zero-order chi connectivity index (χ0) is 30.8. The molecule has 6 rings (SSSR count). The maximum absolute atomic E-state index is 13.8. The molecule has 14 heteroatoms. The van der Waals surface area contributed by atoms with E-state index < -0.39 is 24.0 Å². The molecule has 0 fully saturated rings.